The van der Waals surface area contributed by atoms with Gasteiger partial charge in [0.15, 0.2) is 0 Å². The monoisotopic (exact) mass is 404 g/mol. The van der Waals surface area contributed by atoms with E-state index in [0.717, 1.165) is 17.7 Å². The highest BCUT2D eigenvalue weighted by molar-refractivity contribution is 6.07. The first-order chi connectivity index (χ1) is 13.5. The summed E-state index contributed by atoms with van der Waals surface area (Å²) in [4.78, 5) is 24.0. The molecule has 3 amide bonds. The van der Waals surface area contributed by atoms with Crippen molar-refractivity contribution in [3.05, 3.63) is 59.7 Å². The van der Waals surface area contributed by atoms with Crippen molar-refractivity contribution in [2.45, 2.75) is 26.4 Å². The van der Waals surface area contributed by atoms with Gasteiger partial charge in [-0.05, 0) is 35.9 Å². The highest BCUT2D eigenvalue weighted by Crippen LogP contribution is 2.31. The van der Waals surface area contributed by atoms with Crippen molar-refractivity contribution in [3.63, 3.8) is 0 Å². The molecule has 1 aliphatic heterocycles. The van der Waals surface area contributed by atoms with Gasteiger partial charge in [0.2, 0.25) is 5.91 Å². The third kappa shape index (κ3) is 4.92. The number of nitrogens with zero attached hydrogens (tertiary/aromatic N) is 1. The second-order valence-electron chi connectivity index (χ2n) is 7.30. The first kappa shape index (κ1) is 20.4. The summed E-state index contributed by atoms with van der Waals surface area (Å²) < 4.78 is 38.4. The first-order valence-corrected chi connectivity index (χ1v) is 8.77. The number of amides is 3. The number of rotatable bonds is 3. The molecule has 6 nitrogen and oxygen atoms in total. The third-order valence-electron chi connectivity index (χ3n) is 4.42. The van der Waals surface area contributed by atoms with Gasteiger partial charge in [0.25, 0.3) is 0 Å². The number of hydrogen-bond acceptors (Lipinski definition) is 3. The van der Waals surface area contributed by atoms with Gasteiger partial charge in [-0.2, -0.15) is 18.3 Å². The van der Waals surface area contributed by atoms with Crippen molar-refractivity contribution in [2.24, 2.45) is 10.5 Å². The Morgan fingerprint density at radius 3 is 2.31 bits per heavy atom. The van der Waals surface area contributed by atoms with Crippen LogP contribution < -0.4 is 16.1 Å². The molecule has 9 heteroatoms. The van der Waals surface area contributed by atoms with Gasteiger partial charge >= 0.3 is 12.2 Å². The van der Waals surface area contributed by atoms with Crippen LogP contribution >= 0.6 is 0 Å². The molecule has 0 saturated heterocycles. The lowest BCUT2D eigenvalue weighted by molar-refractivity contribution is -0.137. The highest BCUT2D eigenvalue weighted by atomic mass is 19.4. The van der Waals surface area contributed by atoms with Crippen LogP contribution in [0.25, 0.3) is 0 Å². The largest absolute Gasteiger partial charge is 0.416 e. The Kier molecular flexibility index (Phi) is 5.32. The van der Waals surface area contributed by atoms with Crippen molar-refractivity contribution in [1.82, 2.24) is 5.43 Å². The van der Waals surface area contributed by atoms with E-state index in [-0.39, 0.29) is 11.6 Å². The molecule has 3 N–H and O–H groups in total. The number of hydrogen-bond donors (Lipinski definition) is 3. The van der Waals surface area contributed by atoms with E-state index in [0.29, 0.717) is 17.8 Å². The fraction of sp³-hybridized carbons (Fsp3) is 0.250. The molecular formula is C20H19F3N4O2. The summed E-state index contributed by atoms with van der Waals surface area (Å²) >= 11 is 0. The maximum atomic E-state index is 12.8. The normalized spacial score (nSPS) is 15.9. The first-order valence-electron chi connectivity index (χ1n) is 8.77. The van der Waals surface area contributed by atoms with E-state index in [4.69, 9.17) is 0 Å². The molecule has 0 spiro atoms. The molecule has 1 aliphatic rings. The molecule has 0 aliphatic carbocycles. The van der Waals surface area contributed by atoms with Crippen molar-refractivity contribution in [2.75, 3.05) is 10.6 Å². The van der Waals surface area contributed by atoms with Crippen LogP contribution in [-0.4, -0.2) is 17.6 Å². The number of anilines is 2. The molecule has 0 fully saturated rings. The summed E-state index contributed by atoms with van der Waals surface area (Å²) in [5, 5.41) is 9.05. The van der Waals surface area contributed by atoms with E-state index in [1.807, 2.05) is 13.8 Å². The third-order valence-corrected chi connectivity index (χ3v) is 4.42. The van der Waals surface area contributed by atoms with E-state index in [1.165, 1.54) is 12.1 Å². The Labute approximate surface area is 165 Å². The van der Waals surface area contributed by atoms with Gasteiger partial charge < -0.3 is 10.6 Å². The number of benzene rings is 2. The van der Waals surface area contributed by atoms with Crippen LogP contribution in [0.1, 0.15) is 31.4 Å². The summed E-state index contributed by atoms with van der Waals surface area (Å²) in [6, 6.07) is 10.5. The average molecular weight is 404 g/mol. The number of urea groups is 1. The predicted octanol–water partition coefficient (Wildman–Crippen LogP) is 4.60. The molecule has 0 atom stereocenters. The Hall–Kier alpha value is -3.36. The van der Waals surface area contributed by atoms with Crippen LogP contribution in [0.5, 0.6) is 0 Å². The second kappa shape index (κ2) is 7.57. The fourth-order valence-electron chi connectivity index (χ4n) is 2.82. The van der Waals surface area contributed by atoms with Crippen LogP contribution in [0.3, 0.4) is 0 Å². The zero-order valence-corrected chi connectivity index (χ0v) is 15.7. The van der Waals surface area contributed by atoms with Crippen LogP contribution in [0, 0.1) is 5.41 Å². The number of carbonyl (C=O) groups excluding carboxylic acids is 2. The van der Waals surface area contributed by atoms with Crippen LogP contribution in [0.4, 0.5) is 29.3 Å². The molecule has 2 aromatic rings. The Bertz CT molecular complexity index is 984. The molecule has 2 aromatic carbocycles. The average Bonchev–Trinajstić information content (AvgIpc) is 2.63. The van der Waals surface area contributed by atoms with Gasteiger partial charge in [0.1, 0.15) is 0 Å². The van der Waals surface area contributed by atoms with Crippen LogP contribution in [0.2, 0.25) is 0 Å². The Morgan fingerprint density at radius 2 is 1.69 bits per heavy atom. The van der Waals surface area contributed by atoms with E-state index in [9.17, 15) is 22.8 Å². The lowest BCUT2D eigenvalue weighted by Crippen LogP contribution is -2.40. The fourth-order valence-corrected chi connectivity index (χ4v) is 2.82. The number of halogens is 3. The van der Waals surface area contributed by atoms with Gasteiger partial charge in [-0.3, -0.25) is 4.79 Å². The van der Waals surface area contributed by atoms with Gasteiger partial charge in [-0.15, -0.1) is 0 Å². The number of carbonyl (C=O) groups is 2. The Morgan fingerprint density at radius 1 is 1.07 bits per heavy atom. The maximum Gasteiger partial charge on any atom is 0.416 e. The minimum atomic E-state index is -4.49. The zero-order valence-electron chi connectivity index (χ0n) is 15.7. The summed E-state index contributed by atoms with van der Waals surface area (Å²) in [7, 11) is 0. The van der Waals surface area contributed by atoms with E-state index in [1.54, 1.807) is 24.3 Å². The lowest BCUT2D eigenvalue weighted by atomic mass is 9.83. The van der Waals surface area contributed by atoms with Gasteiger partial charge in [-0.25, -0.2) is 10.2 Å². The molecule has 0 saturated carbocycles. The van der Waals surface area contributed by atoms with Crippen molar-refractivity contribution < 1.29 is 22.8 Å². The summed E-state index contributed by atoms with van der Waals surface area (Å²) in [5.41, 5.74) is 2.87. The summed E-state index contributed by atoms with van der Waals surface area (Å²) in [6.07, 6.45) is -4.06. The molecular weight excluding hydrogens is 385 g/mol. The second-order valence-corrected chi connectivity index (χ2v) is 7.30. The van der Waals surface area contributed by atoms with Crippen molar-refractivity contribution in [1.29, 1.82) is 0 Å². The molecule has 1 heterocycles. The molecule has 152 valence electrons. The minimum absolute atomic E-state index is 0.0228. The molecule has 29 heavy (non-hydrogen) atoms. The highest BCUT2D eigenvalue weighted by Gasteiger charge is 2.33. The van der Waals surface area contributed by atoms with Gasteiger partial charge in [0.05, 0.1) is 16.7 Å². The van der Waals surface area contributed by atoms with Crippen molar-refractivity contribution in [3.8, 4) is 0 Å². The molecule has 0 aromatic heterocycles. The number of hydrazone groups is 1. The molecule has 0 radical (unpaired) electrons. The lowest BCUT2D eigenvalue weighted by Gasteiger charge is -2.27. The zero-order chi connectivity index (χ0) is 21.2. The van der Waals surface area contributed by atoms with Gasteiger partial charge in [-0.1, -0.05) is 32.0 Å². The van der Waals surface area contributed by atoms with E-state index in [2.05, 4.69) is 21.2 Å². The van der Waals surface area contributed by atoms with Crippen molar-refractivity contribution >= 4 is 29.0 Å². The summed E-state index contributed by atoms with van der Waals surface area (Å²) in [6.45, 7) is 3.61. The Balaban J connectivity index is 1.71. The topological polar surface area (TPSA) is 82.6 Å². The number of alkyl halides is 3. The van der Waals surface area contributed by atoms with E-state index < -0.39 is 23.2 Å². The molecule has 3 rings (SSSR count). The van der Waals surface area contributed by atoms with E-state index >= 15 is 0 Å². The minimum Gasteiger partial charge on any atom is -0.308 e. The van der Waals surface area contributed by atoms with Crippen LogP contribution in [0.15, 0.2) is 53.6 Å². The predicted molar refractivity (Wildman–Crippen MR) is 104 cm³/mol. The summed E-state index contributed by atoms with van der Waals surface area (Å²) in [5.74, 6) is -0.170. The standard InChI is InChI=1S/C20H19F3N4O2/c1-19(2)11-16(26-27-17(19)28)12-5-3-7-14(9-12)24-18(29)25-15-8-4-6-13(10-15)20(21,22)23/h3-10H,11H2,1-2H3,(H,27,28)(H2,24,25,29). The van der Waals surface area contributed by atoms with Gasteiger partial charge in [0, 0.05) is 17.8 Å². The SMILES string of the molecule is CC1(C)CC(c2cccc(NC(=O)Nc3cccc(C(F)(F)F)c3)c2)=NNC1=O. The molecule has 0 bridgehead atoms. The van der Waals surface area contributed by atoms with Crippen LogP contribution in [-0.2, 0) is 11.0 Å². The number of nitrogens with one attached hydrogen (secondary N) is 3. The maximum absolute atomic E-state index is 12.8. The smallest absolute Gasteiger partial charge is 0.308 e. The molecule has 0 unspecified atom stereocenters. The quantitative estimate of drug-likeness (QED) is 0.699.